The first kappa shape index (κ1) is 17.5. The lowest BCUT2D eigenvalue weighted by atomic mass is 9.85. The van der Waals surface area contributed by atoms with E-state index < -0.39 is 14.5 Å². The highest BCUT2D eigenvalue weighted by atomic mass is 35.7. The second kappa shape index (κ2) is 7.43. The van der Waals surface area contributed by atoms with Gasteiger partial charge in [0.25, 0.3) is 0 Å². The van der Waals surface area contributed by atoms with Crippen molar-refractivity contribution in [3.63, 3.8) is 0 Å². The lowest BCUT2D eigenvalue weighted by Crippen LogP contribution is -2.32. The van der Waals surface area contributed by atoms with Crippen molar-refractivity contribution >= 4 is 19.7 Å². The fourth-order valence-electron chi connectivity index (χ4n) is 2.19. The van der Waals surface area contributed by atoms with E-state index in [4.69, 9.17) is 15.4 Å². The van der Waals surface area contributed by atoms with Crippen molar-refractivity contribution in [3.05, 3.63) is 35.9 Å². The molecule has 1 atom stereocenters. The van der Waals surface area contributed by atoms with E-state index in [9.17, 15) is 8.42 Å². The van der Waals surface area contributed by atoms with Crippen LogP contribution < -0.4 is 0 Å². The summed E-state index contributed by atoms with van der Waals surface area (Å²) >= 11 is 0. The molecule has 0 fully saturated rings. The zero-order valence-electron chi connectivity index (χ0n) is 12.3. The first-order chi connectivity index (χ1) is 9.32. The first-order valence-corrected chi connectivity index (χ1v) is 9.38. The molecule has 0 bridgehead atoms. The maximum atomic E-state index is 11.4. The van der Waals surface area contributed by atoms with Crippen LogP contribution in [-0.4, -0.2) is 20.8 Å². The first-order valence-electron chi connectivity index (χ1n) is 6.91. The summed E-state index contributed by atoms with van der Waals surface area (Å²) in [6, 6.07) is 9.89. The average molecular weight is 319 g/mol. The van der Waals surface area contributed by atoms with Crippen LogP contribution in [0, 0.1) is 5.41 Å². The van der Waals surface area contributed by atoms with Gasteiger partial charge < -0.3 is 4.74 Å². The van der Waals surface area contributed by atoms with Crippen molar-refractivity contribution in [1.82, 2.24) is 0 Å². The Balaban J connectivity index is 2.72. The van der Waals surface area contributed by atoms with Gasteiger partial charge >= 0.3 is 0 Å². The van der Waals surface area contributed by atoms with Crippen LogP contribution in [0.3, 0.4) is 0 Å². The van der Waals surface area contributed by atoms with E-state index in [0.717, 1.165) is 18.4 Å². The van der Waals surface area contributed by atoms with E-state index in [1.807, 2.05) is 51.1 Å². The van der Waals surface area contributed by atoms with Crippen molar-refractivity contribution in [2.45, 2.75) is 39.7 Å². The predicted molar refractivity (Wildman–Crippen MR) is 83.5 cm³/mol. The lowest BCUT2D eigenvalue weighted by Gasteiger charge is -2.31. The van der Waals surface area contributed by atoms with Crippen molar-refractivity contribution in [2.75, 3.05) is 12.4 Å². The van der Waals surface area contributed by atoms with Crippen molar-refractivity contribution in [2.24, 2.45) is 5.41 Å². The van der Waals surface area contributed by atoms with Crippen LogP contribution in [0.1, 0.15) is 45.3 Å². The van der Waals surface area contributed by atoms with Crippen LogP contribution >= 0.6 is 10.7 Å². The molecule has 1 aromatic carbocycles. The fraction of sp³-hybridized carbons (Fsp3) is 0.600. The average Bonchev–Trinajstić information content (AvgIpc) is 2.43. The molecule has 0 aromatic heterocycles. The topological polar surface area (TPSA) is 43.4 Å². The molecular formula is C15H23ClO3S. The molecule has 0 amide bonds. The molecule has 0 aliphatic heterocycles. The van der Waals surface area contributed by atoms with E-state index >= 15 is 0 Å². The summed E-state index contributed by atoms with van der Waals surface area (Å²) in [6.07, 6.45) is 1.38. The molecule has 0 aliphatic rings. The van der Waals surface area contributed by atoms with Gasteiger partial charge in [0, 0.05) is 16.1 Å². The molecule has 0 N–H and O–H groups in total. The number of halogens is 1. The second-order valence-corrected chi connectivity index (χ2v) is 8.03. The molecule has 0 radical (unpaired) electrons. The molecule has 3 nitrogen and oxygen atoms in total. The van der Waals surface area contributed by atoms with Gasteiger partial charge in [0.2, 0.25) is 9.05 Å². The van der Waals surface area contributed by atoms with Gasteiger partial charge in [-0.3, -0.25) is 0 Å². The largest absolute Gasteiger partial charge is 0.373 e. The van der Waals surface area contributed by atoms with Crippen molar-refractivity contribution in [1.29, 1.82) is 0 Å². The van der Waals surface area contributed by atoms with Crippen molar-refractivity contribution < 1.29 is 13.2 Å². The summed E-state index contributed by atoms with van der Waals surface area (Å²) in [6.45, 7) is 6.31. The summed E-state index contributed by atoms with van der Waals surface area (Å²) in [5, 5.41) is 0. The van der Waals surface area contributed by atoms with Gasteiger partial charge in [0.05, 0.1) is 18.5 Å². The van der Waals surface area contributed by atoms with E-state index in [0.29, 0.717) is 6.61 Å². The summed E-state index contributed by atoms with van der Waals surface area (Å²) in [5.74, 6) is -0.0456. The van der Waals surface area contributed by atoms with E-state index in [-0.39, 0.29) is 11.9 Å². The Labute approximate surface area is 126 Å². The minimum absolute atomic E-state index is 0.0456. The third-order valence-electron chi connectivity index (χ3n) is 3.89. The number of rotatable bonds is 8. The monoisotopic (exact) mass is 318 g/mol. The summed E-state index contributed by atoms with van der Waals surface area (Å²) in [7, 11) is 1.90. The molecule has 1 unspecified atom stereocenters. The van der Waals surface area contributed by atoms with Gasteiger partial charge in [-0.15, -0.1) is 0 Å². The zero-order valence-corrected chi connectivity index (χ0v) is 13.9. The smallest absolute Gasteiger partial charge is 0.233 e. The fourth-order valence-corrected chi connectivity index (χ4v) is 4.11. The van der Waals surface area contributed by atoms with Gasteiger partial charge in [-0.25, -0.2) is 8.42 Å². The maximum absolute atomic E-state index is 11.4. The van der Waals surface area contributed by atoms with Crippen LogP contribution in [0.2, 0.25) is 0 Å². The minimum Gasteiger partial charge on any atom is -0.373 e. The Hall–Kier alpha value is -0.580. The Kier molecular flexibility index (Phi) is 6.49. The van der Waals surface area contributed by atoms with E-state index in [1.165, 1.54) is 0 Å². The summed E-state index contributed by atoms with van der Waals surface area (Å²) in [5.41, 5.74) is 0.672. The molecule has 5 heteroatoms. The maximum Gasteiger partial charge on any atom is 0.233 e. The molecule has 0 aliphatic carbocycles. The normalized spacial score (nSPS) is 14.2. The third-order valence-corrected chi connectivity index (χ3v) is 5.17. The predicted octanol–water partition coefficient (Wildman–Crippen LogP) is 4.14. The van der Waals surface area contributed by atoms with Crippen LogP contribution in [0.25, 0.3) is 0 Å². The molecule has 0 spiro atoms. The van der Waals surface area contributed by atoms with Gasteiger partial charge in [0.15, 0.2) is 0 Å². The molecule has 0 saturated carbocycles. The summed E-state index contributed by atoms with van der Waals surface area (Å²) in [4.78, 5) is 0. The van der Waals surface area contributed by atoms with Gasteiger partial charge in [0.1, 0.15) is 0 Å². The van der Waals surface area contributed by atoms with E-state index in [1.54, 1.807) is 0 Å². The number of hydrogen-bond donors (Lipinski definition) is 0. The van der Waals surface area contributed by atoms with Gasteiger partial charge in [-0.2, -0.15) is 0 Å². The highest BCUT2D eigenvalue weighted by Crippen LogP contribution is 2.32. The molecule has 0 heterocycles. The zero-order chi connectivity index (χ0) is 15.2. The number of benzene rings is 1. The Morgan fingerprint density at radius 1 is 1.20 bits per heavy atom. The SMILES string of the molecule is CCC(CC)(COC(C)c1ccccc1)CS(=O)(=O)Cl. The molecule has 20 heavy (non-hydrogen) atoms. The Morgan fingerprint density at radius 3 is 2.20 bits per heavy atom. The summed E-state index contributed by atoms with van der Waals surface area (Å²) < 4.78 is 28.7. The third kappa shape index (κ3) is 5.43. The minimum atomic E-state index is -3.53. The number of ether oxygens (including phenoxy) is 1. The van der Waals surface area contributed by atoms with Crippen LogP contribution in [-0.2, 0) is 13.8 Å². The Morgan fingerprint density at radius 2 is 1.75 bits per heavy atom. The van der Waals surface area contributed by atoms with Crippen LogP contribution in [0.5, 0.6) is 0 Å². The van der Waals surface area contributed by atoms with Gasteiger partial charge in [-0.1, -0.05) is 44.2 Å². The Bertz CT molecular complexity index is 495. The van der Waals surface area contributed by atoms with Crippen molar-refractivity contribution in [3.8, 4) is 0 Å². The molecule has 1 rings (SSSR count). The molecule has 1 aromatic rings. The van der Waals surface area contributed by atoms with Crippen LogP contribution in [0.4, 0.5) is 0 Å². The molecule has 0 saturated heterocycles. The number of hydrogen-bond acceptors (Lipinski definition) is 3. The van der Waals surface area contributed by atoms with E-state index in [2.05, 4.69) is 0 Å². The molecule has 114 valence electrons. The lowest BCUT2D eigenvalue weighted by molar-refractivity contribution is 0.00249. The highest BCUT2D eigenvalue weighted by molar-refractivity contribution is 8.13. The molecular weight excluding hydrogens is 296 g/mol. The standard InChI is InChI=1S/C15H23ClO3S/c1-4-15(5-2,12-20(16,17)18)11-19-13(3)14-9-7-6-8-10-14/h6-10,13H,4-5,11-12H2,1-3H3. The quantitative estimate of drug-likeness (QED) is 0.677. The highest BCUT2D eigenvalue weighted by Gasteiger charge is 2.32. The van der Waals surface area contributed by atoms with Crippen LogP contribution in [0.15, 0.2) is 30.3 Å². The second-order valence-electron chi connectivity index (χ2n) is 5.25. The van der Waals surface area contributed by atoms with Gasteiger partial charge in [-0.05, 0) is 25.3 Å².